The van der Waals surface area contributed by atoms with Gasteiger partial charge in [0.1, 0.15) is 5.75 Å². The Morgan fingerprint density at radius 3 is 2.45 bits per heavy atom. The highest BCUT2D eigenvalue weighted by Crippen LogP contribution is 2.38. The molecule has 44 heavy (non-hydrogen) atoms. The molecule has 1 amide bonds. The van der Waals surface area contributed by atoms with Gasteiger partial charge in [0, 0.05) is 30.2 Å². The molecule has 0 bridgehead atoms. The van der Waals surface area contributed by atoms with E-state index in [1.165, 1.54) is 30.6 Å². The van der Waals surface area contributed by atoms with Gasteiger partial charge in [0.25, 0.3) is 0 Å². The van der Waals surface area contributed by atoms with Crippen molar-refractivity contribution in [3.05, 3.63) is 102 Å². The largest absolute Gasteiger partial charge is 0.453 e. The lowest BCUT2D eigenvalue weighted by Crippen LogP contribution is -2.29. The molecule has 0 aliphatic carbocycles. The van der Waals surface area contributed by atoms with Crippen LogP contribution in [0, 0.1) is 12.7 Å². The second kappa shape index (κ2) is 11.5. The third-order valence-electron chi connectivity index (χ3n) is 7.43. The molecule has 228 valence electrons. The second-order valence-corrected chi connectivity index (χ2v) is 14.6. The van der Waals surface area contributed by atoms with E-state index in [1.54, 1.807) is 74.4 Å². The van der Waals surface area contributed by atoms with E-state index < -0.39 is 20.4 Å². The summed E-state index contributed by atoms with van der Waals surface area (Å²) in [6.07, 6.45) is 7.90. The predicted molar refractivity (Wildman–Crippen MR) is 167 cm³/mol. The number of nitrogens with zero attached hydrogens (tertiary/aromatic N) is 4. The van der Waals surface area contributed by atoms with Crippen LogP contribution in [0.15, 0.2) is 84.4 Å². The topological polar surface area (TPSA) is 116 Å². The van der Waals surface area contributed by atoms with Crippen molar-refractivity contribution in [2.75, 3.05) is 5.32 Å². The first-order chi connectivity index (χ1) is 20.7. The Kier molecular flexibility index (Phi) is 8.02. The normalized spacial score (nSPS) is 12.3. The van der Waals surface area contributed by atoms with Gasteiger partial charge < -0.3 is 10.1 Å². The Hall–Kier alpha value is -4.64. The molecule has 0 fully saturated rings. The zero-order valence-corrected chi connectivity index (χ0v) is 26.2. The molecule has 1 N–H and O–H groups in total. The van der Waals surface area contributed by atoms with Crippen molar-refractivity contribution in [1.82, 2.24) is 19.7 Å². The lowest BCUT2D eigenvalue weighted by atomic mass is 10.1. The Labute approximate surface area is 256 Å². The van der Waals surface area contributed by atoms with Crippen LogP contribution in [0.4, 0.5) is 10.1 Å². The average molecular weight is 616 g/mol. The van der Waals surface area contributed by atoms with Crippen LogP contribution in [0.2, 0.25) is 0 Å². The van der Waals surface area contributed by atoms with Gasteiger partial charge in [0.2, 0.25) is 5.91 Å². The number of hydrogen-bond acceptors (Lipinski definition) is 7. The number of carbonyl (C=O) groups is 1. The van der Waals surface area contributed by atoms with Crippen molar-refractivity contribution in [1.29, 1.82) is 0 Å². The average Bonchev–Trinajstić information content (AvgIpc) is 3.44. The fourth-order valence-electron chi connectivity index (χ4n) is 4.81. The summed E-state index contributed by atoms with van der Waals surface area (Å²) < 4.78 is 49.5. The van der Waals surface area contributed by atoms with Crippen LogP contribution in [0.1, 0.15) is 51.3 Å². The number of benzene rings is 2. The van der Waals surface area contributed by atoms with Crippen LogP contribution in [0.3, 0.4) is 0 Å². The third kappa shape index (κ3) is 6.05. The number of sulfone groups is 1. The van der Waals surface area contributed by atoms with Gasteiger partial charge in [0.15, 0.2) is 21.4 Å². The number of nitrogens with one attached hydrogen (secondary N) is 1. The zero-order chi connectivity index (χ0) is 31.9. The zero-order valence-electron chi connectivity index (χ0n) is 25.4. The van der Waals surface area contributed by atoms with E-state index in [0.29, 0.717) is 33.3 Å². The van der Waals surface area contributed by atoms with E-state index in [2.05, 4.69) is 20.4 Å². The number of halogens is 1. The summed E-state index contributed by atoms with van der Waals surface area (Å²) in [5, 5.41) is 7.49. The Bertz CT molecular complexity index is 1940. The molecule has 2 aromatic carbocycles. The predicted octanol–water partition coefficient (Wildman–Crippen LogP) is 6.71. The van der Waals surface area contributed by atoms with Gasteiger partial charge in [0.05, 0.1) is 39.0 Å². The molecular formula is C33H34FN5O4S. The molecule has 0 aliphatic heterocycles. The van der Waals surface area contributed by atoms with Crippen LogP contribution >= 0.6 is 0 Å². The summed E-state index contributed by atoms with van der Waals surface area (Å²) in [6, 6.07) is 12.5. The Morgan fingerprint density at radius 1 is 1.02 bits per heavy atom. The molecule has 3 heterocycles. The number of pyridine rings is 2. The molecule has 9 nitrogen and oxygen atoms in total. The molecule has 0 atom stereocenters. The maximum atomic E-state index is 15.4. The lowest BCUT2D eigenvalue weighted by molar-refractivity contribution is -0.115. The molecule has 0 aliphatic rings. The number of rotatable bonds is 8. The van der Waals surface area contributed by atoms with Gasteiger partial charge in [-0.05, 0) is 94.6 Å². The number of fused-ring (bicyclic) bond motifs is 1. The van der Waals surface area contributed by atoms with E-state index in [1.807, 2.05) is 20.8 Å². The molecular weight excluding hydrogens is 581 g/mol. The summed E-state index contributed by atoms with van der Waals surface area (Å²) in [5.74, 6) is -0.750. The first-order valence-electron chi connectivity index (χ1n) is 14.0. The van der Waals surface area contributed by atoms with Gasteiger partial charge in [-0.2, -0.15) is 5.10 Å². The lowest BCUT2D eigenvalue weighted by Gasteiger charge is -2.25. The smallest absolute Gasteiger partial charge is 0.228 e. The molecule has 0 unspecified atom stereocenters. The van der Waals surface area contributed by atoms with E-state index in [4.69, 9.17) is 4.74 Å². The number of amides is 1. The number of anilines is 1. The SMILES string of the molecule is Cc1cc(CC(=O)Nc2cnn(C(C)(C)C)c2)cc(F)c1Oc1ccnc2ccc(S(=O)(=O)C(C)(C)c3cccnc3)cc12. The molecule has 5 aromatic rings. The Morgan fingerprint density at radius 2 is 1.80 bits per heavy atom. The highest BCUT2D eigenvalue weighted by Gasteiger charge is 2.38. The van der Waals surface area contributed by atoms with Crippen molar-refractivity contribution < 1.29 is 22.3 Å². The highest BCUT2D eigenvalue weighted by molar-refractivity contribution is 7.92. The molecule has 0 radical (unpaired) electrons. The maximum Gasteiger partial charge on any atom is 0.228 e. The van der Waals surface area contributed by atoms with Crippen LogP contribution in [0.5, 0.6) is 11.5 Å². The molecule has 0 saturated carbocycles. The van der Waals surface area contributed by atoms with Crippen LogP contribution in [0.25, 0.3) is 10.9 Å². The second-order valence-electron chi connectivity index (χ2n) is 12.1. The van der Waals surface area contributed by atoms with Crippen molar-refractivity contribution in [3.8, 4) is 11.5 Å². The summed E-state index contributed by atoms with van der Waals surface area (Å²) in [6.45, 7) is 10.9. The van der Waals surface area contributed by atoms with E-state index in [0.717, 1.165) is 0 Å². The fraction of sp³-hybridized carbons (Fsp3) is 0.273. The number of aryl methyl sites for hydroxylation is 1. The quantitative estimate of drug-likeness (QED) is 0.206. The van der Waals surface area contributed by atoms with Gasteiger partial charge in [-0.25, -0.2) is 12.8 Å². The molecule has 3 aromatic heterocycles. The molecule has 0 spiro atoms. The monoisotopic (exact) mass is 615 g/mol. The van der Waals surface area contributed by atoms with Gasteiger partial charge in [-0.15, -0.1) is 0 Å². The van der Waals surface area contributed by atoms with Crippen LogP contribution in [-0.4, -0.2) is 34.1 Å². The van der Waals surface area contributed by atoms with Crippen molar-refractivity contribution >= 4 is 32.3 Å². The fourth-order valence-corrected chi connectivity index (χ4v) is 6.35. The van der Waals surface area contributed by atoms with Crippen LogP contribution in [-0.2, 0) is 31.3 Å². The molecule has 11 heteroatoms. The first kappa shape index (κ1) is 30.8. The third-order valence-corrected chi connectivity index (χ3v) is 9.89. The maximum absolute atomic E-state index is 15.4. The van der Waals surface area contributed by atoms with Crippen molar-refractivity contribution in [2.24, 2.45) is 0 Å². The minimum Gasteiger partial charge on any atom is -0.453 e. The number of ether oxygens (including phenoxy) is 1. The van der Waals surface area contributed by atoms with Gasteiger partial charge >= 0.3 is 0 Å². The molecule has 0 saturated heterocycles. The van der Waals surface area contributed by atoms with E-state index in [9.17, 15) is 13.2 Å². The summed E-state index contributed by atoms with van der Waals surface area (Å²) in [4.78, 5) is 21.2. The summed E-state index contributed by atoms with van der Waals surface area (Å²) in [5.41, 5.74) is 2.30. The minimum atomic E-state index is -3.88. The minimum absolute atomic E-state index is 0.0305. The Balaban J connectivity index is 1.40. The standard InChI is InChI=1S/C33H34FN5O4S/c1-21-14-22(16-30(40)38-24-19-37-39(20-24)32(2,3)4)15-27(34)31(21)43-29-11-13-36-28-10-9-25(17-26(28)29)44(41,42)33(5,6)23-8-7-12-35-18-23/h7-15,17-20H,16H2,1-6H3,(H,38,40). The van der Waals surface area contributed by atoms with Crippen molar-refractivity contribution in [2.45, 2.75) is 63.1 Å². The van der Waals surface area contributed by atoms with E-state index in [-0.39, 0.29) is 34.3 Å². The first-order valence-corrected chi connectivity index (χ1v) is 15.5. The number of hydrogen-bond donors (Lipinski definition) is 1. The number of carbonyl (C=O) groups excluding carboxylic acids is 1. The highest BCUT2D eigenvalue weighted by atomic mass is 32.2. The summed E-state index contributed by atoms with van der Waals surface area (Å²) in [7, 11) is -3.88. The van der Waals surface area contributed by atoms with Crippen molar-refractivity contribution in [3.63, 3.8) is 0 Å². The summed E-state index contributed by atoms with van der Waals surface area (Å²) >= 11 is 0. The van der Waals surface area contributed by atoms with Gasteiger partial charge in [-0.3, -0.25) is 19.4 Å². The number of aromatic nitrogens is 4. The van der Waals surface area contributed by atoms with E-state index >= 15 is 4.39 Å². The van der Waals surface area contributed by atoms with Crippen LogP contribution < -0.4 is 10.1 Å². The molecule has 5 rings (SSSR count). The van der Waals surface area contributed by atoms with Gasteiger partial charge in [-0.1, -0.05) is 12.1 Å².